The molecule has 0 aliphatic carbocycles. The lowest BCUT2D eigenvalue weighted by Crippen LogP contribution is -2.02. The molecule has 0 heterocycles. The van der Waals surface area contributed by atoms with E-state index >= 15 is 0 Å². The van der Waals surface area contributed by atoms with E-state index in [2.05, 4.69) is 5.32 Å². The van der Waals surface area contributed by atoms with Gasteiger partial charge in [0.2, 0.25) is 5.82 Å². The van der Waals surface area contributed by atoms with E-state index in [0.717, 1.165) is 12.1 Å². The van der Waals surface area contributed by atoms with Crippen molar-refractivity contribution in [2.24, 2.45) is 0 Å². The second kappa shape index (κ2) is 5.43. The first-order chi connectivity index (χ1) is 9.08. The van der Waals surface area contributed by atoms with Gasteiger partial charge in [0.15, 0.2) is 0 Å². The number of hydrogen-bond donors (Lipinski definition) is 1. The normalized spacial score (nSPS) is 10.2. The molecule has 0 unspecified atom stereocenters. The van der Waals surface area contributed by atoms with E-state index in [1.807, 2.05) is 0 Å². The molecule has 2 aromatic rings. The average Bonchev–Trinajstić information content (AvgIpc) is 2.37. The predicted octanol–water partition coefficient (Wildman–Crippen LogP) is 3.49. The lowest BCUT2D eigenvalue weighted by atomic mass is 10.2. The van der Waals surface area contributed by atoms with Crippen molar-refractivity contribution in [2.45, 2.75) is 6.54 Å². The van der Waals surface area contributed by atoms with E-state index in [-0.39, 0.29) is 6.54 Å². The number of nitro groups is 1. The molecule has 1 N–H and O–H groups in total. The van der Waals surface area contributed by atoms with Crippen LogP contribution in [0.25, 0.3) is 0 Å². The highest BCUT2D eigenvalue weighted by Crippen LogP contribution is 2.19. The number of anilines is 1. The Balaban J connectivity index is 2.11. The van der Waals surface area contributed by atoms with Gasteiger partial charge in [0.25, 0.3) is 0 Å². The van der Waals surface area contributed by atoms with E-state index in [4.69, 9.17) is 0 Å². The molecule has 0 aliphatic heterocycles. The fraction of sp³-hybridized carbons (Fsp3) is 0.0769. The average molecular weight is 264 g/mol. The summed E-state index contributed by atoms with van der Waals surface area (Å²) in [6.45, 7) is 0.176. The van der Waals surface area contributed by atoms with Crippen molar-refractivity contribution in [1.29, 1.82) is 0 Å². The van der Waals surface area contributed by atoms with Gasteiger partial charge >= 0.3 is 5.69 Å². The minimum absolute atomic E-state index is 0.176. The molecule has 0 aliphatic rings. The third kappa shape index (κ3) is 3.04. The van der Waals surface area contributed by atoms with Crippen LogP contribution in [0.3, 0.4) is 0 Å². The van der Waals surface area contributed by atoms with Crippen LogP contribution in [-0.2, 0) is 6.54 Å². The minimum Gasteiger partial charge on any atom is -0.379 e. The molecule has 4 nitrogen and oxygen atoms in total. The Labute approximate surface area is 107 Å². The fourth-order valence-corrected chi connectivity index (χ4v) is 1.61. The standard InChI is InChI=1S/C13H10F2N2O2/c14-10-3-1-2-4-12(10)16-8-9-5-6-13(17(18)19)11(15)7-9/h1-7,16H,8H2. The van der Waals surface area contributed by atoms with Crippen molar-refractivity contribution in [1.82, 2.24) is 0 Å². The maximum absolute atomic E-state index is 13.4. The topological polar surface area (TPSA) is 55.2 Å². The lowest BCUT2D eigenvalue weighted by molar-refractivity contribution is -0.387. The molecule has 0 saturated carbocycles. The van der Waals surface area contributed by atoms with Crippen LogP contribution < -0.4 is 5.32 Å². The number of nitrogens with one attached hydrogen (secondary N) is 1. The highest BCUT2D eigenvalue weighted by molar-refractivity contribution is 5.45. The van der Waals surface area contributed by atoms with Crippen LogP contribution in [-0.4, -0.2) is 4.92 Å². The summed E-state index contributed by atoms with van der Waals surface area (Å²) >= 11 is 0. The van der Waals surface area contributed by atoms with Crippen molar-refractivity contribution in [3.05, 3.63) is 69.8 Å². The van der Waals surface area contributed by atoms with Gasteiger partial charge in [-0.15, -0.1) is 0 Å². The molecule has 0 spiro atoms. The number of para-hydroxylation sites is 1. The van der Waals surface area contributed by atoms with E-state index < -0.39 is 22.2 Å². The van der Waals surface area contributed by atoms with Gasteiger partial charge in [-0.2, -0.15) is 4.39 Å². The summed E-state index contributed by atoms with van der Waals surface area (Å²) in [4.78, 5) is 9.67. The van der Waals surface area contributed by atoms with Gasteiger partial charge in [-0.25, -0.2) is 4.39 Å². The summed E-state index contributed by atoms with van der Waals surface area (Å²) in [7, 11) is 0. The summed E-state index contributed by atoms with van der Waals surface area (Å²) in [5.74, 6) is -1.32. The van der Waals surface area contributed by atoms with Crippen LogP contribution in [0, 0.1) is 21.7 Å². The summed E-state index contributed by atoms with van der Waals surface area (Å²) < 4.78 is 26.7. The highest BCUT2D eigenvalue weighted by Gasteiger charge is 2.13. The summed E-state index contributed by atoms with van der Waals surface area (Å²) in [5, 5.41) is 13.3. The molecule has 0 atom stereocenters. The molecule has 98 valence electrons. The molecule has 0 fully saturated rings. The van der Waals surface area contributed by atoms with Crippen molar-refractivity contribution < 1.29 is 13.7 Å². The molecule has 6 heteroatoms. The lowest BCUT2D eigenvalue weighted by Gasteiger charge is -2.07. The molecule has 2 rings (SSSR count). The first-order valence-electron chi connectivity index (χ1n) is 5.49. The molecule has 2 aromatic carbocycles. The third-order valence-corrected chi connectivity index (χ3v) is 2.57. The second-order valence-electron chi connectivity index (χ2n) is 3.88. The van der Waals surface area contributed by atoms with Gasteiger partial charge in [-0.1, -0.05) is 18.2 Å². The molecule has 0 amide bonds. The first-order valence-corrected chi connectivity index (χ1v) is 5.49. The molecular weight excluding hydrogens is 254 g/mol. The Kier molecular flexibility index (Phi) is 3.70. The second-order valence-corrected chi connectivity index (χ2v) is 3.88. The molecule has 0 aromatic heterocycles. The number of halogens is 2. The fourth-order valence-electron chi connectivity index (χ4n) is 1.61. The molecular formula is C13H10F2N2O2. The quantitative estimate of drug-likeness (QED) is 0.679. The van der Waals surface area contributed by atoms with E-state index in [9.17, 15) is 18.9 Å². The molecule has 0 saturated heterocycles. The predicted molar refractivity (Wildman–Crippen MR) is 66.8 cm³/mol. The van der Waals surface area contributed by atoms with Gasteiger partial charge in [0.05, 0.1) is 10.6 Å². The Morgan fingerprint density at radius 2 is 1.84 bits per heavy atom. The van der Waals surface area contributed by atoms with Gasteiger partial charge in [-0.05, 0) is 23.8 Å². The van der Waals surface area contributed by atoms with Crippen LogP contribution in [0.15, 0.2) is 42.5 Å². The van der Waals surface area contributed by atoms with Gasteiger partial charge in [0.1, 0.15) is 5.82 Å². The Morgan fingerprint density at radius 1 is 1.11 bits per heavy atom. The number of nitrogens with zero attached hydrogens (tertiary/aromatic N) is 1. The first kappa shape index (κ1) is 12.9. The minimum atomic E-state index is -0.905. The Morgan fingerprint density at radius 3 is 2.47 bits per heavy atom. The summed E-state index contributed by atoms with van der Waals surface area (Å²) in [6, 6.07) is 9.67. The van der Waals surface area contributed by atoms with Crippen molar-refractivity contribution >= 4 is 11.4 Å². The SMILES string of the molecule is O=[N+]([O-])c1ccc(CNc2ccccc2F)cc1F. The number of nitro benzene ring substituents is 1. The maximum Gasteiger partial charge on any atom is 0.304 e. The van der Waals surface area contributed by atoms with Gasteiger partial charge in [-0.3, -0.25) is 10.1 Å². The van der Waals surface area contributed by atoms with Crippen LogP contribution in [0.2, 0.25) is 0 Å². The largest absolute Gasteiger partial charge is 0.379 e. The zero-order chi connectivity index (χ0) is 13.8. The monoisotopic (exact) mass is 264 g/mol. The zero-order valence-corrected chi connectivity index (χ0v) is 9.77. The smallest absolute Gasteiger partial charge is 0.304 e. The highest BCUT2D eigenvalue weighted by atomic mass is 19.1. The van der Waals surface area contributed by atoms with Crippen LogP contribution >= 0.6 is 0 Å². The number of rotatable bonds is 4. The number of hydrogen-bond acceptors (Lipinski definition) is 3. The van der Waals surface area contributed by atoms with E-state index in [1.54, 1.807) is 18.2 Å². The number of benzene rings is 2. The molecule has 0 bridgehead atoms. The van der Waals surface area contributed by atoms with Crippen molar-refractivity contribution in [3.8, 4) is 0 Å². The van der Waals surface area contributed by atoms with Gasteiger partial charge < -0.3 is 5.32 Å². The van der Waals surface area contributed by atoms with E-state index in [0.29, 0.717) is 11.3 Å². The maximum atomic E-state index is 13.4. The Bertz CT molecular complexity index is 617. The molecule has 0 radical (unpaired) electrons. The van der Waals surface area contributed by atoms with E-state index in [1.165, 1.54) is 12.1 Å². The van der Waals surface area contributed by atoms with Crippen molar-refractivity contribution in [3.63, 3.8) is 0 Å². The zero-order valence-electron chi connectivity index (χ0n) is 9.77. The van der Waals surface area contributed by atoms with Crippen LogP contribution in [0.5, 0.6) is 0 Å². The van der Waals surface area contributed by atoms with Gasteiger partial charge in [0, 0.05) is 12.6 Å². The Hall–Kier alpha value is -2.50. The summed E-state index contributed by atoms with van der Waals surface area (Å²) in [6.07, 6.45) is 0. The molecule has 19 heavy (non-hydrogen) atoms. The summed E-state index contributed by atoms with van der Waals surface area (Å²) in [5.41, 5.74) is 0.210. The van der Waals surface area contributed by atoms with Crippen molar-refractivity contribution in [2.75, 3.05) is 5.32 Å². The van der Waals surface area contributed by atoms with Crippen LogP contribution in [0.1, 0.15) is 5.56 Å². The third-order valence-electron chi connectivity index (χ3n) is 2.57. The van der Waals surface area contributed by atoms with Crippen LogP contribution in [0.4, 0.5) is 20.2 Å².